The van der Waals surface area contributed by atoms with Gasteiger partial charge in [0.15, 0.2) is 0 Å². The molecule has 0 saturated heterocycles. The SMILES string of the molecule is C.C=C(/C=C(\OC)C(C)(C)C(F)(F)F)CC(=O)Cc1ccc(-c2cnc3cc(CC)c(OC)cc3c2C)cc1F.[HH]. The molecule has 0 fully saturated rings. The molecule has 40 heavy (non-hydrogen) atoms. The number of aromatic nitrogens is 1. The molecule has 0 radical (unpaired) electrons. The summed E-state index contributed by atoms with van der Waals surface area (Å²) < 4.78 is 65.6. The van der Waals surface area contributed by atoms with Crippen LogP contribution in [0.4, 0.5) is 17.6 Å². The predicted molar refractivity (Wildman–Crippen MR) is 154 cm³/mol. The first-order valence-corrected chi connectivity index (χ1v) is 12.5. The van der Waals surface area contributed by atoms with E-state index in [1.54, 1.807) is 25.4 Å². The van der Waals surface area contributed by atoms with Crippen LogP contribution in [0, 0.1) is 18.2 Å². The van der Waals surface area contributed by atoms with E-state index in [1.807, 2.05) is 26.0 Å². The average Bonchev–Trinajstić information content (AvgIpc) is 2.87. The highest BCUT2D eigenvalue weighted by Crippen LogP contribution is 2.44. The lowest BCUT2D eigenvalue weighted by Gasteiger charge is -2.29. The van der Waals surface area contributed by atoms with Crippen LogP contribution in [0.15, 0.2) is 60.5 Å². The Kier molecular flexibility index (Phi) is 10.3. The Morgan fingerprint density at radius 1 is 1.12 bits per heavy atom. The Morgan fingerprint density at radius 2 is 1.80 bits per heavy atom. The van der Waals surface area contributed by atoms with E-state index in [2.05, 4.69) is 11.6 Å². The van der Waals surface area contributed by atoms with Crippen molar-refractivity contribution in [3.8, 4) is 16.9 Å². The van der Waals surface area contributed by atoms with Gasteiger partial charge in [-0.3, -0.25) is 9.78 Å². The third-order valence-corrected chi connectivity index (χ3v) is 6.98. The van der Waals surface area contributed by atoms with Gasteiger partial charge in [0.2, 0.25) is 0 Å². The summed E-state index contributed by atoms with van der Waals surface area (Å²) in [6.45, 7) is 9.65. The van der Waals surface area contributed by atoms with Gasteiger partial charge in [-0.15, -0.1) is 0 Å². The van der Waals surface area contributed by atoms with Gasteiger partial charge < -0.3 is 9.47 Å². The summed E-state index contributed by atoms with van der Waals surface area (Å²) in [5.74, 6) is -0.531. The van der Waals surface area contributed by atoms with Crippen LogP contribution in [0.1, 0.15) is 52.7 Å². The van der Waals surface area contributed by atoms with Crippen LogP contribution in [-0.4, -0.2) is 31.2 Å². The lowest BCUT2D eigenvalue weighted by molar-refractivity contribution is -0.208. The van der Waals surface area contributed by atoms with Crippen molar-refractivity contribution < 1.29 is 33.3 Å². The van der Waals surface area contributed by atoms with Gasteiger partial charge in [-0.1, -0.05) is 33.1 Å². The fourth-order valence-corrected chi connectivity index (χ4v) is 4.41. The zero-order valence-electron chi connectivity index (χ0n) is 23.1. The molecule has 0 amide bonds. The molecule has 0 unspecified atom stereocenters. The van der Waals surface area contributed by atoms with Crippen LogP contribution in [0.3, 0.4) is 0 Å². The number of benzene rings is 2. The molecule has 3 rings (SSSR count). The predicted octanol–water partition coefficient (Wildman–Crippen LogP) is 8.98. The number of nitrogens with zero attached hydrogens (tertiary/aromatic N) is 1. The van der Waals surface area contributed by atoms with Crippen LogP contribution in [0.2, 0.25) is 0 Å². The summed E-state index contributed by atoms with van der Waals surface area (Å²) in [6, 6.07) is 8.56. The molecule has 1 heterocycles. The van der Waals surface area contributed by atoms with Crippen molar-refractivity contribution in [2.24, 2.45) is 5.41 Å². The number of carbonyl (C=O) groups is 1. The van der Waals surface area contributed by atoms with Gasteiger partial charge in [0.25, 0.3) is 0 Å². The Balaban J connectivity index is 0.00000420. The summed E-state index contributed by atoms with van der Waals surface area (Å²) in [7, 11) is 2.75. The number of pyridine rings is 1. The van der Waals surface area contributed by atoms with E-state index in [4.69, 9.17) is 9.47 Å². The molecule has 0 spiro atoms. The normalized spacial score (nSPS) is 12.2. The third kappa shape index (κ3) is 6.72. The summed E-state index contributed by atoms with van der Waals surface area (Å²) in [4.78, 5) is 17.2. The number of methoxy groups -OCH3 is 2. The standard InChI is InChI=1S/C31H33F4NO3.CH4.H2/c1-8-20-15-27-24(16-28(20)38-6)19(3)25(17-36-27)21-9-10-22(26(32)14-21)13-23(37)11-18(2)12-29(39-7)30(4,5)31(33,34)35;;/h9-10,12,14-17H,2,8,11,13H2,1,3-7H3;1H4;1H/b29-12-;;. The van der Waals surface area contributed by atoms with Gasteiger partial charge in [-0.05, 0) is 79.3 Å². The monoisotopic (exact) mass is 561 g/mol. The molecular formula is C32H39F4NO3. The van der Waals surface area contributed by atoms with E-state index in [0.717, 1.165) is 66.8 Å². The fourth-order valence-electron chi connectivity index (χ4n) is 4.41. The highest BCUT2D eigenvalue weighted by atomic mass is 19.4. The topological polar surface area (TPSA) is 48.4 Å². The third-order valence-electron chi connectivity index (χ3n) is 6.98. The maximum atomic E-state index is 15.1. The van der Waals surface area contributed by atoms with E-state index in [-0.39, 0.29) is 44.4 Å². The summed E-state index contributed by atoms with van der Waals surface area (Å²) in [6.07, 6.45) is -1.38. The molecule has 0 N–H and O–H groups in total. The van der Waals surface area contributed by atoms with Crippen LogP contribution in [-0.2, 0) is 22.4 Å². The minimum absolute atomic E-state index is 0. The van der Waals surface area contributed by atoms with Gasteiger partial charge in [0.1, 0.15) is 28.5 Å². The first-order chi connectivity index (χ1) is 18.2. The molecule has 218 valence electrons. The van der Waals surface area contributed by atoms with Gasteiger partial charge in [-0.2, -0.15) is 13.2 Å². The number of carbonyl (C=O) groups excluding carboxylic acids is 1. The Morgan fingerprint density at radius 3 is 2.35 bits per heavy atom. The number of alkyl halides is 3. The Hall–Kier alpha value is -3.68. The van der Waals surface area contributed by atoms with Crippen molar-refractivity contribution in [2.45, 2.75) is 60.6 Å². The van der Waals surface area contributed by atoms with Crippen molar-refractivity contribution in [2.75, 3.05) is 14.2 Å². The Labute approximate surface area is 235 Å². The second-order valence-electron chi connectivity index (χ2n) is 10.0. The fraction of sp³-hybridized carbons (Fsp3) is 0.375. The molecule has 1 aromatic heterocycles. The summed E-state index contributed by atoms with van der Waals surface area (Å²) in [5, 5.41) is 0.900. The number of fused-ring (bicyclic) bond motifs is 1. The number of allylic oxidation sites excluding steroid dienone is 3. The quantitative estimate of drug-likeness (QED) is 0.141. The second kappa shape index (κ2) is 12.7. The smallest absolute Gasteiger partial charge is 0.400 e. The van der Waals surface area contributed by atoms with Gasteiger partial charge in [0.05, 0.1) is 19.7 Å². The van der Waals surface area contributed by atoms with E-state index >= 15 is 4.39 Å². The number of ether oxygens (including phenoxy) is 2. The summed E-state index contributed by atoms with van der Waals surface area (Å²) >= 11 is 0. The maximum absolute atomic E-state index is 15.1. The highest BCUT2D eigenvalue weighted by molar-refractivity contribution is 5.90. The first kappa shape index (κ1) is 32.5. The molecular weight excluding hydrogens is 522 g/mol. The number of hydrogen-bond donors (Lipinski definition) is 0. The maximum Gasteiger partial charge on any atom is 0.400 e. The highest BCUT2D eigenvalue weighted by Gasteiger charge is 2.51. The number of rotatable bonds is 10. The zero-order chi connectivity index (χ0) is 29.1. The number of aryl methyl sites for hydroxylation is 2. The number of halogens is 4. The molecule has 0 atom stereocenters. The number of Topliss-reactive ketones (excluding diaryl/α,β-unsaturated/α-hetero) is 1. The van der Waals surface area contributed by atoms with Crippen molar-refractivity contribution in [3.63, 3.8) is 0 Å². The lowest BCUT2D eigenvalue weighted by Crippen LogP contribution is -2.34. The van der Waals surface area contributed by atoms with Crippen LogP contribution < -0.4 is 4.74 Å². The second-order valence-corrected chi connectivity index (χ2v) is 10.0. The van der Waals surface area contributed by atoms with Crippen molar-refractivity contribution in [1.82, 2.24) is 4.98 Å². The average molecular weight is 562 g/mol. The van der Waals surface area contributed by atoms with Crippen LogP contribution >= 0.6 is 0 Å². The zero-order valence-corrected chi connectivity index (χ0v) is 23.1. The molecule has 0 aliphatic heterocycles. The van der Waals surface area contributed by atoms with E-state index in [9.17, 15) is 18.0 Å². The molecule has 8 heteroatoms. The van der Waals surface area contributed by atoms with Gasteiger partial charge in [0, 0.05) is 31.4 Å². The minimum atomic E-state index is -4.55. The molecule has 0 aliphatic rings. The van der Waals surface area contributed by atoms with Crippen LogP contribution in [0.5, 0.6) is 5.75 Å². The van der Waals surface area contributed by atoms with Crippen molar-refractivity contribution >= 4 is 16.7 Å². The first-order valence-electron chi connectivity index (χ1n) is 12.5. The van der Waals surface area contributed by atoms with E-state index in [0.29, 0.717) is 5.56 Å². The molecule has 0 saturated carbocycles. The van der Waals surface area contributed by atoms with E-state index < -0.39 is 17.4 Å². The molecule has 0 bridgehead atoms. The largest absolute Gasteiger partial charge is 0.500 e. The Bertz CT molecular complexity index is 1450. The van der Waals surface area contributed by atoms with Crippen molar-refractivity contribution in [3.05, 3.63) is 83.0 Å². The molecule has 2 aromatic carbocycles. The molecule has 0 aliphatic carbocycles. The van der Waals surface area contributed by atoms with Gasteiger partial charge in [-0.25, -0.2) is 4.39 Å². The lowest BCUT2D eigenvalue weighted by atomic mass is 9.88. The molecule has 3 aromatic rings. The number of ketones is 1. The van der Waals surface area contributed by atoms with E-state index in [1.165, 1.54) is 6.07 Å². The van der Waals surface area contributed by atoms with Crippen LogP contribution in [0.25, 0.3) is 22.0 Å². The van der Waals surface area contributed by atoms with Crippen molar-refractivity contribution in [1.29, 1.82) is 0 Å². The molecule has 4 nitrogen and oxygen atoms in total. The summed E-state index contributed by atoms with van der Waals surface area (Å²) in [5.41, 5.74) is 2.22. The number of hydrogen-bond acceptors (Lipinski definition) is 4. The van der Waals surface area contributed by atoms with Gasteiger partial charge >= 0.3 is 6.18 Å². The minimum Gasteiger partial charge on any atom is -0.500 e.